The first kappa shape index (κ1) is 23.8. The van der Waals surface area contributed by atoms with Crippen molar-refractivity contribution in [3.8, 4) is 5.75 Å². The topological polar surface area (TPSA) is 101 Å². The van der Waals surface area contributed by atoms with Gasteiger partial charge in [-0.05, 0) is 47.5 Å². The van der Waals surface area contributed by atoms with Crippen LogP contribution in [-0.2, 0) is 19.2 Å². The summed E-state index contributed by atoms with van der Waals surface area (Å²) in [5.74, 6) is -3.01. The molecule has 4 rings (SSSR count). The summed E-state index contributed by atoms with van der Waals surface area (Å²) in [5, 5.41) is 1.51. The molecule has 0 aliphatic carbocycles. The van der Waals surface area contributed by atoms with Crippen molar-refractivity contribution >= 4 is 23.2 Å². The Bertz CT molecular complexity index is 1290. The maximum Gasteiger partial charge on any atom is 0.441 e. The highest BCUT2D eigenvalue weighted by molar-refractivity contribution is 6.62. The summed E-state index contributed by atoms with van der Waals surface area (Å²) < 4.78 is 24.3. The van der Waals surface area contributed by atoms with Gasteiger partial charge in [0, 0.05) is 0 Å². The van der Waals surface area contributed by atoms with E-state index in [0.717, 1.165) is 7.11 Å². The summed E-state index contributed by atoms with van der Waals surface area (Å²) in [6.45, 7) is 0. The van der Waals surface area contributed by atoms with Crippen molar-refractivity contribution in [1.82, 2.24) is 0 Å². The van der Waals surface area contributed by atoms with E-state index in [1.165, 1.54) is 30.4 Å². The summed E-state index contributed by atoms with van der Waals surface area (Å²) in [4.78, 5) is 35.3. The fraction of sp³-hybridized carbons (Fsp3) is 0.192. The number of rotatable bonds is 7. The second kappa shape index (κ2) is 10.3. The molecule has 178 valence electrons. The minimum atomic E-state index is -1.12. The number of esters is 1. The van der Waals surface area contributed by atoms with Crippen molar-refractivity contribution in [3.63, 3.8) is 0 Å². The number of ether oxygens (including phenoxy) is 2. The molecular weight excluding hydrogens is 453 g/mol. The molecule has 1 aliphatic heterocycles. The zero-order chi connectivity index (χ0) is 24.9. The molecule has 0 saturated carbocycles. The van der Waals surface area contributed by atoms with E-state index >= 15 is 0 Å². The molecule has 0 unspecified atom stereocenters. The standard InChI is InChI=1S/C26H22FN3O5/c1-33-20-13-7-9-17(15-20)25-21(24(31)22(29-28)26(32)34-2)23(16-8-6-10-18(27)14-16)30(35-25)19-11-4-3-5-12-19/h3-15,21,23,25H,1-2H3/t21-,23+,25-/m1/s1. The van der Waals surface area contributed by atoms with E-state index in [4.69, 9.17) is 9.57 Å². The quantitative estimate of drug-likeness (QED) is 0.168. The predicted molar refractivity (Wildman–Crippen MR) is 124 cm³/mol. The zero-order valence-corrected chi connectivity index (χ0v) is 19.0. The molecule has 0 radical (unpaired) electrons. The van der Waals surface area contributed by atoms with Crippen molar-refractivity contribution < 1.29 is 33.1 Å². The van der Waals surface area contributed by atoms with Crippen molar-refractivity contribution in [2.24, 2.45) is 5.92 Å². The van der Waals surface area contributed by atoms with Gasteiger partial charge in [0.2, 0.25) is 0 Å². The highest BCUT2D eigenvalue weighted by Crippen LogP contribution is 2.49. The molecule has 0 bridgehead atoms. The van der Waals surface area contributed by atoms with E-state index in [-0.39, 0.29) is 0 Å². The summed E-state index contributed by atoms with van der Waals surface area (Å²) in [6.07, 6.45) is -0.938. The Morgan fingerprint density at radius 1 is 0.971 bits per heavy atom. The van der Waals surface area contributed by atoms with E-state index in [2.05, 4.69) is 9.53 Å². The van der Waals surface area contributed by atoms with Crippen LogP contribution in [0.1, 0.15) is 23.3 Å². The number of para-hydroxylation sites is 1. The molecule has 3 aromatic carbocycles. The monoisotopic (exact) mass is 475 g/mol. The number of methoxy groups -OCH3 is 2. The lowest BCUT2D eigenvalue weighted by atomic mass is 9.81. The Morgan fingerprint density at radius 2 is 1.69 bits per heavy atom. The molecule has 0 aromatic heterocycles. The van der Waals surface area contributed by atoms with Crippen LogP contribution >= 0.6 is 0 Å². The minimum absolute atomic E-state index is 0.430. The number of hydroxylamine groups is 1. The maximum atomic E-state index is 14.3. The molecule has 35 heavy (non-hydrogen) atoms. The minimum Gasteiger partial charge on any atom is -0.497 e. The third kappa shape index (κ3) is 4.68. The van der Waals surface area contributed by atoms with Crippen LogP contribution in [0.3, 0.4) is 0 Å². The first-order valence-corrected chi connectivity index (χ1v) is 10.7. The summed E-state index contributed by atoms with van der Waals surface area (Å²) in [6, 6.07) is 20.8. The number of carbonyl (C=O) groups excluding carboxylic acids is 2. The normalized spacial score (nSPS) is 19.1. The Balaban J connectivity index is 1.93. The third-order valence-electron chi connectivity index (χ3n) is 5.78. The molecule has 1 saturated heterocycles. The molecule has 8 nitrogen and oxygen atoms in total. The summed E-state index contributed by atoms with van der Waals surface area (Å²) >= 11 is 0. The number of Topliss-reactive ketones (excluding diaryl/α,β-unsaturated/α-hetero) is 1. The van der Waals surface area contributed by atoms with Gasteiger partial charge in [0.05, 0.1) is 31.9 Å². The van der Waals surface area contributed by atoms with E-state index in [9.17, 15) is 19.5 Å². The first-order chi connectivity index (χ1) is 17.0. The van der Waals surface area contributed by atoms with Crippen molar-refractivity contribution in [2.75, 3.05) is 19.3 Å². The van der Waals surface area contributed by atoms with E-state index in [1.807, 2.05) is 6.07 Å². The number of halogens is 1. The number of carbonyl (C=O) groups is 2. The van der Waals surface area contributed by atoms with Crippen LogP contribution in [0.15, 0.2) is 78.9 Å². The van der Waals surface area contributed by atoms with Gasteiger partial charge < -0.3 is 15.0 Å². The number of hydrogen-bond acceptors (Lipinski definition) is 6. The lowest BCUT2D eigenvalue weighted by Crippen LogP contribution is -2.37. The molecule has 3 aromatic rings. The fourth-order valence-electron chi connectivity index (χ4n) is 4.21. The van der Waals surface area contributed by atoms with Gasteiger partial charge in [-0.2, -0.15) is 4.79 Å². The Hall–Kier alpha value is -4.33. The molecule has 0 amide bonds. The van der Waals surface area contributed by atoms with Crippen LogP contribution in [0.25, 0.3) is 5.53 Å². The number of hydrogen-bond donors (Lipinski definition) is 0. The number of benzene rings is 3. The lowest BCUT2D eigenvalue weighted by molar-refractivity contribution is -0.140. The molecule has 1 heterocycles. The van der Waals surface area contributed by atoms with Crippen LogP contribution in [0.2, 0.25) is 0 Å². The number of ketones is 1. The molecule has 3 atom stereocenters. The second-order valence-electron chi connectivity index (χ2n) is 7.79. The largest absolute Gasteiger partial charge is 0.497 e. The van der Waals surface area contributed by atoms with Gasteiger partial charge in [-0.15, -0.1) is 0 Å². The smallest absolute Gasteiger partial charge is 0.441 e. The van der Waals surface area contributed by atoms with E-state index in [1.54, 1.807) is 54.6 Å². The van der Waals surface area contributed by atoms with Crippen LogP contribution in [0.4, 0.5) is 10.1 Å². The highest BCUT2D eigenvalue weighted by Gasteiger charge is 2.53. The molecule has 1 aliphatic rings. The lowest BCUT2D eigenvalue weighted by Gasteiger charge is -2.26. The zero-order valence-electron chi connectivity index (χ0n) is 19.0. The van der Waals surface area contributed by atoms with Gasteiger partial charge in [-0.25, -0.2) is 14.2 Å². The van der Waals surface area contributed by atoms with E-state index in [0.29, 0.717) is 22.6 Å². The summed E-state index contributed by atoms with van der Waals surface area (Å²) in [7, 11) is 2.59. The Morgan fingerprint density at radius 3 is 2.34 bits per heavy atom. The Labute approximate surface area is 201 Å². The predicted octanol–water partition coefficient (Wildman–Crippen LogP) is 4.10. The average molecular weight is 475 g/mol. The van der Waals surface area contributed by atoms with Gasteiger partial charge in [-0.1, -0.05) is 42.5 Å². The van der Waals surface area contributed by atoms with Crippen LogP contribution in [0, 0.1) is 11.7 Å². The van der Waals surface area contributed by atoms with Gasteiger partial charge in [0.15, 0.2) is 0 Å². The van der Waals surface area contributed by atoms with Crippen molar-refractivity contribution in [3.05, 3.63) is 101 Å². The first-order valence-electron chi connectivity index (χ1n) is 10.7. The van der Waals surface area contributed by atoms with Crippen LogP contribution in [-0.4, -0.2) is 36.5 Å². The van der Waals surface area contributed by atoms with Gasteiger partial charge in [-0.3, -0.25) is 9.63 Å². The maximum absolute atomic E-state index is 14.3. The SMILES string of the molecule is COC(=O)C(=[N+]=[N-])C(=O)[C@@H]1[C@@H](c2cccc(OC)c2)ON(c2ccccc2)[C@H]1c1cccc(F)c1. The molecule has 0 N–H and O–H groups in total. The van der Waals surface area contributed by atoms with E-state index < -0.39 is 41.3 Å². The molecular formula is C26H22FN3O5. The van der Waals surface area contributed by atoms with Gasteiger partial charge in [0.25, 0.3) is 5.78 Å². The fourth-order valence-corrected chi connectivity index (χ4v) is 4.21. The molecule has 0 spiro atoms. The van der Waals surface area contributed by atoms with Crippen molar-refractivity contribution in [2.45, 2.75) is 12.1 Å². The van der Waals surface area contributed by atoms with Crippen LogP contribution in [0.5, 0.6) is 5.75 Å². The summed E-state index contributed by atoms with van der Waals surface area (Å²) in [5.41, 5.74) is 10.3. The molecule has 1 fully saturated rings. The number of anilines is 1. The van der Waals surface area contributed by atoms with Gasteiger partial charge in [0.1, 0.15) is 17.7 Å². The second-order valence-corrected chi connectivity index (χ2v) is 7.79. The van der Waals surface area contributed by atoms with Gasteiger partial charge >= 0.3 is 11.7 Å². The van der Waals surface area contributed by atoms with Crippen LogP contribution < -0.4 is 9.80 Å². The third-order valence-corrected chi connectivity index (χ3v) is 5.78. The number of nitrogens with zero attached hydrogens (tertiary/aromatic N) is 3. The Kier molecular flexibility index (Phi) is 7.01. The molecule has 9 heteroatoms. The highest BCUT2D eigenvalue weighted by atomic mass is 19.1. The average Bonchev–Trinajstić information content (AvgIpc) is 3.30. The van der Waals surface area contributed by atoms with Crippen molar-refractivity contribution in [1.29, 1.82) is 0 Å².